The number of thiophene rings is 1. The Bertz CT molecular complexity index is 518. The fraction of sp³-hybridized carbons (Fsp3) is 0.600. The zero-order valence-electron chi connectivity index (χ0n) is 9.45. The zero-order valence-corrected chi connectivity index (χ0v) is 13.4. The topological polar surface area (TPSA) is 66.4 Å². The number of halogens is 2. The van der Waals surface area contributed by atoms with Crippen LogP contribution in [-0.2, 0) is 10.0 Å². The molecule has 0 saturated heterocycles. The lowest BCUT2D eigenvalue weighted by molar-refractivity contribution is 0.185. The largest absolute Gasteiger partial charge is 0.394 e. The van der Waals surface area contributed by atoms with Gasteiger partial charge in [-0.3, -0.25) is 0 Å². The Morgan fingerprint density at radius 1 is 1.50 bits per heavy atom. The molecule has 1 aliphatic carbocycles. The standard InChI is InChI=1S/C10H13BrClNO3S2/c11-9-7(12)5-8(17-9)18(15,16)13-10(6-14)3-1-2-4-10/h5,13-14H,1-4,6H2. The highest BCUT2D eigenvalue weighted by molar-refractivity contribution is 9.11. The SMILES string of the molecule is O=S(=O)(NC1(CO)CCCC1)c1cc(Cl)c(Br)s1. The fourth-order valence-corrected chi connectivity index (χ4v) is 5.99. The summed E-state index contributed by atoms with van der Waals surface area (Å²) in [5.74, 6) is 0. The molecule has 0 aromatic carbocycles. The van der Waals surface area contributed by atoms with Crippen molar-refractivity contribution in [1.82, 2.24) is 4.72 Å². The first kappa shape index (κ1) is 14.7. The summed E-state index contributed by atoms with van der Waals surface area (Å²) in [5, 5.41) is 9.81. The van der Waals surface area contributed by atoms with Crippen LogP contribution in [0.3, 0.4) is 0 Å². The Balaban J connectivity index is 2.26. The van der Waals surface area contributed by atoms with Crippen LogP contribution in [0.25, 0.3) is 0 Å². The molecule has 0 atom stereocenters. The van der Waals surface area contributed by atoms with Gasteiger partial charge in [-0.15, -0.1) is 11.3 Å². The third-order valence-electron chi connectivity index (χ3n) is 3.10. The lowest BCUT2D eigenvalue weighted by Gasteiger charge is -2.27. The van der Waals surface area contributed by atoms with E-state index in [2.05, 4.69) is 20.7 Å². The van der Waals surface area contributed by atoms with Gasteiger partial charge in [0.2, 0.25) is 0 Å². The molecule has 0 spiro atoms. The Hall–Kier alpha value is 0.340. The van der Waals surface area contributed by atoms with Gasteiger partial charge in [0, 0.05) is 0 Å². The first-order valence-corrected chi connectivity index (χ1v) is 8.95. The summed E-state index contributed by atoms with van der Waals surface area (Å²) >= 11 is 10.1. The summed E-state index contributed by atoms with van der Waals surface area (Å²) in [6.07, 6.45) is 3.20. The molecule has 1 saturated carbocycles. The van der Waals surface area contributed by atoms with E-state index in [1.165, 1.54) is 6.07 Å². The van der Waals surface area contributed by atoms with Crippen molar-refractivity contribution in [2.24, 2.45) is 0 Å². The number of aliphatic hydroxyl groups excluding tert-OH is 1. The first-order valence-electron chi connectivity index (χ1n) is 5.48. The number of nitrogens with one attached hydrogen (secondary N) is 1. The highest BCUT2D eigenvalue weighted by atomic mass is 79.9. The quantitative estimate of drug-likeness (QED) is 0.851. The average Bonchev–Trinajstić information content (AvgIpc) is 2.88. The molecule has 2 rings (SSSR count). The molecule has 8 heteroatoms. The van der Waals surface area contributed by atoms with Gasteiger partial charge in [-0.2, -0.15) is 0 Å². The number of hydrogen-bond donors (Lipinski definition) is 2. The number of hydrogen-bond acceptors (Lipinski definition) is 4. The fourth-order valence-electron chi connectivity index (χ4n) is 2.14. The highest BCUT2D eigenvalue weighted by Gasteiger charge is 2.38. The maximum atomic E-state index is 12.2. The van der Waals surface area contributed by atoms with Crippen LogP contribution in [-0.4, -0.2) is 25.7 Å². The van der Waals surface area contributed by atoms with Crippen LogP contribution < -0.4 is 4.72 Å². The summed E-state index contributed by atoms with van der Waals surface area (Å²) in [7, 11) is -3.62. The Morgan fingerprint density at radius 2 is 2.11 bits per heavy atom. The number of sulfonamides is 1. The summed E-state index contributed by atoms with van der Waals surface area (Å²) in [6, 6.07) is 1.42. The monoisotopic (exact) mass is 373 g/mol. The van der Waals surface area contributed by atoms with Gasteiger partial charge >= 0.3 is 0 Å². The molecule has 102 valence electrons. The molecular weight excluding hydrogens is 362 g/mol. The molecule has 1 aromatic heterocycles. The molecule has 1 aliphatic rings. The van der Waals surface area contributed by atoms with E-state index in [9.17, 15) is 13.5 Å². The smallest absolute Gasteiger partial charge is 0.250 e. The molecule has 0 amide bonds. The van der Waals surface area contributed by atoms with Crippen molar-refractivity contribution < 1.29 is 13.5 Å². The van der Waals surface area contributed by atoms with E-state index in [1.807, 2.05) is 0 Å². The van der Waals surface area contributed by atoms with Crippen LogP contribution in [0.5, 0.6) is 0 Å². The van der Waals surface area contributed by atoms with Gasteiger partial charge in [0.05, 0.1) is 21.0 Å². The molecule has 18 heavy (non-hydrogen) atoms. The predicted octanol–water partition coefficient (Wildman–Crippen LogP) is 2.75. The van der Waals surface area contributed by atoms with Gasteiger partial charge in [-0.25, -0.2) is 13.1 Å². The molecule has 0 radical (unpaired) electrons. The van der Waals surface area contributed by atoms with Crippen LogP contribution in [0.15, 0.2) is 14.1 Å². The maximum Gasteiger partial charge on any atom is 0.250 e. The van der Waals surface area contributed by atoms with E-state index >= 15 is 0 Å². The Labute approximate surface area is 124 Å². The third-order valence-corrected chi connectivity index (χ3v) is 7.63. The van der Waals surface area contributed by atoms with Gasteiger partial charge in [0.15, 0.2) is 0 Å². The minimum atomic E-state index is -3.62. The summed E-state index contributed by atoms with van der Waals surface area (Å²) in [5.41, 5.74) is -0.707. The second-order valence-electron chi connectivity index (χ2n) is 4.44. The van der Waals surface area contributed by atoms with Crippen molar-refractivity contribution in [2.45, 2.75) is 35.4 Å². The molecule has 2 N–H and O–H groups in total. The van der Waals surface area contributed by atoms with Crippen molar-refractivity contribution in [3.05, 3.63) is 14.9 Å². The number of rotatable bonds is 4. The van der Waals surface area contributed by atoms with Crippen LogP contribution in [0, 0.1) is 0 Å². The summed E-state index contributed by atoms with van der Waals surface area (Å²) in [6.45, 7) is -0.174. The van der Waals surface area contributed by atoms with Crippen LogP contribution in [0.1, 0.15) is 25.7 Å². The van der Waals surface area contributed by atoms with Crippen LogP contribution in [0.4, 0.5) is 0 Å². The average molecular weight is 375 g/mol. The van der Waals surface area contributed by atoms with Crippen LogP contribution in [0.2, 0.25) is 5.02 Å². The predicted molar refractivity (Wildman–Crippen MR) is 75.6 cm³/mol. The summed E-state index contributed by atoms with van der Waals surface area (Å²) < 4.78 is 27.8. The molecule has 0 bridgehead atoms. The third kappa shape index (κ3) is 2.91. The van der Waals surface area contributed by atoms with Gasteiger partial charge in [-0.1, -0.05) is 24.4 Å². The Morgan fingerprint density at radius 3 is 2.56 bits per heavy atom. The highest BCUT2D eigenvalue weighted by Crippen LogP contribution is 2.36. The molecule has 0 unspecified atom stereocenters. The van der Waals surface area contributed by atoms with Crippen molar-refractivity contribution in [1.29, 1.82) is 0 Å². The zero-order chi connectivity index (χ0) is 13.4. The van der Waals surface area contributed by atoms with E-state index < -0.39 is 15.6 Å². The Kier molecular flexibility index (Phi) is 4.40. The van der Waals surface area contributed by atoms with Gasteiger partial charge in [-0.05, 0) is 34.8 Å². The van der Waals surface area contributed by atoms with Crippen molar-refractivity contribution in [3.63, 3.8) is 0 Å². The first-order chi connectivity index (χ1) is 8.38. The second-order valence-corrected chi connectivity index (χ2v) is 9.12. The lowest BCUT2D eigenvalue weighted by Crippen LogP contribution is -2.48. The van der Waals surface area contributed by atoms with E-state index in [1.54, 1.807) is 0 Å². The van der Waals surface area contributed by atoms with Gasteiger partial charge in [0.1, 0.15) is 4.21 Å². The molecule has 1 aromatic rings. The van der Waals surface area contributed by atoms with Crippen molar-refractivity contribution >= 4 is 48.9 Å². The van der Waals surface area contributed by atoms with Gasteiger partial charge < -0.3 is 5.11 Å². The minimum absolute atomic E-state index is 0.166. The van der Waals surface area contributed by atoms with E-state index in [4.69, 9.17) is 11.6 Å². The normalized spacial score (nSPS) is 19.3. The minimum Gasteiger partial charge on any atom is -0.394 e. The van der Waals surface area contributed by atoms with E-state index in [-0.39, 0.29) is 10.8 Å². The second kappa shape index (κ2) is 5.38. The van der Waals surface area contributed by atoms with Crippen molar-refractivity contribution in [2.75, 3.05) is 6.61 Å². The maximum absolute atomic E-state index is 12.2. The molecular formula is C10H13BrClNO3S2. The van der Waals surface area contributed by atoms with E-state index in [0.29, 0.717) is 21.7 Å². The number of aliphatic hydroxyl groups is 1. The molecule has 4 nitrogen and oxygen atoms in total. The van der Waals surface area contributed by atoms with E-state index in [0.717, 1.165) is 24.2 Å². The van der Waals surface area contributed by atoms with Crippen molar-refractivity contribution in [3.8, 4) is 0 Å². The molecule has 1 heterocycles. The molecule has 0 aliphatic heterocycles. The van der Waals surface area contributed by atoms with Crippen LogP contribution >= 0.6 is 38.9 Å². The lowest BCUT2D eigenvalue weighted by atomic mass is 10.0. The summed E-state index contributed by atoms with van der Waals surface area (Å²) in [4.78, 5) is 0. The van der Waals surface area contributed by atoms with Gasteiger partial charge in [0.25, 0.3) is 10.0 Å². The molecule has 1 fully saturated rings.